The summed E-state index contributed by atoms with van der Waals surface area (Å²) >= 11 is 0. The number of amides is 1. The van der Waals surface area contributed by atoms with Gasteiger partial charge in [0.05, 0.1) is 11.7 Å². The van der Waals surface area contributed by atoms with Crippen LogP contribution in [-0.4, -0.2) is 20.9 Å². The Morgan fingerprint density at radius 3 is 2.75 bits per heavy atom. The zero-order valence-electron chi connectivity index (χ0n) is 18.1. The summed E-state index contributed by atoms with van der Waals surface area (Å²) < 4.78 is 19.8. The number of para-hydroxylation sites is 1. The van der Waals surface area contributed by atoms with Crippen molar-refractivity contribution in [3.05, 3.63) is 77.3 Å². The number of halogens is 1. The SMILES string of the molecule is Cc1c(C(=O)NC2CC(C)(C)Cc3nc(-c4ccncc4)ncc32)oc2c(F)cccc12. The summed E-state index contributed by atoms with van der Waals surface area (Å²) in [6.07, 6.45) is 6.73. The van der Waals surface area contributed by atoms with Crippen LogP contribution in [0.2, 0.25) is 0 Å². The van der Waals surface area contributed by atoms with E-state index in [9.17, 15) is 9.18 Å². The van der Waals surface area contributed by atoms with E-state index in [1.807, 2.05) is 12.1 Å². The second-order valence-electron chi connectivity index (χ2n) is 9.08. The molecular weight excluding hydrogens is 407 g/mol. The third kappa shape index (κ3) is 3.53. The summed E-state index contributed by atoms with van der Waals surface area (Å²) in [5.41, 5.74) is 3.37. The molecule has 0 radical (unpaired) electrons. The minimum atomic E-state index is -0.481. The molecule has 1 atom stereocenters. The predicted octanol–water partition coefficient (Wildman–Crippen LogP) is 5.18. The number of hydrogen-bond donors (Lipinski definition) is 1. The highest BCUT2D eigenvalue weighted by Gasteiger charge is 2.35. The van der Waals surface area contributed by atoms with E-state index < -0.39 is 5.82 Å². The van der Waals surface area contributed by atoms with Gasteiger partial charge in [-0.1, -0.05) is 26.0 Å². The first-order chi connectivity index (χ1) is 15.3. The second kappa shape index (κ2) is 7.51. The molecule has 0 bridgehead atoms. The largest absolute Gasteiger partial charge is 0.448 e. The van der Waals surface area contributed by atoms with Crippen molar-refractivity contribution in [2.24, 2.45) is 5.41 Å². The Labute approximate surface area is 184 Å². The fourth-order valence-electron chi connectivity index (χ4n) is 4.47. The molecule has 0 fully saturated rings. The van der Waals surface area contributed by atoms with Crippen molar-refractivity contribution in [1.82, 2.24) is 20.3 Å². The highest BCUT2D eigenvalue weighted by atomic mass is 19.1. The van der Waals surface area contributed by atoms with Crippen molar-refractivity contribution < 1.29 is 13.6 Å². The highest BCUT2D eigenvalue weighted by Crippen LogP contribution is 2.40. The van der Waals surface area contributed by atoms with Crippen LogP contribution in [0, 0.1) is 18.2 Å². The van der Waals surface area contributed by atoms with Crippen LogP contribution >= 0.6 is 0 Å². The molecule has 4 aromatic rings. The van der Waals surface area contributed by atoms with E-state index in [0.29, 0.717) is 16.8 Å². The van der Waals surface area contributed by atoms with Crippen molar-refractivity contribution in [3.63, 3.8) is 0 Å². The molecule has 1 amide bonds. The number of nitrogens with one attached hydrogen (secondary N) is 1. The molecule has 1 N–H and O–H groups in total. The number of benzene rings is 1. The first kappa shape index (κ1) is 20.3. The number of carbonyl (C=O) groups is 1. The third-order valence-electron chi connectivity index (χ3n) is 6.04. The van der Waals surface area contributed by atoms with Crippen molar-refractivity contribution in [3.8, 4) is 11.4 Å². The maximum Gasteiger partial charge on any atom is 0.287 e. The lowest BCUT2D eigenvalue weighted by Crippen LogP contribution is -2.37. The van der Waals surface area contributed by atoms with Gasteiger partial charge in [-0.2, -0.15) is 0 Å². The molecular formula is C25H23FN4O2. The molecule has 162 valence electrons. The normalized spacial score (nSPS) is 17.2. The van der Waals surface area contributed by atoms with Gasteiger partial charge >= 0.3 is 0 Å². The zero-order valence-corrected chi connectivity index (χ0v) is 18.1. The number of aromatic nitrogens is 3. The zero-order chi connectivity index (χ0) is 22.5. The fraction of sp³-hybridized carbons (Fsp3) is 0.280. The number of rotatable bonds is 3. The summed E-state index contributed by atoms with van der Waals surface area (Å²) in [7, 11) is 0. The number of carbonyl (C=O) groups excluding carboxylic acids is 1. The number of pyridine rings is 1. The van der Waals surface area contributed by atoms with Crippen LogP contribution in [0.25, 0.3) is 22.4 Å². The molecule has 0 aliphatic heterocycles. The van der Waals surface area contributed by atoms with E-state index in [1.54, 1.807) is 37.6 Å². The minimum Gasteiger partial charge on any atom is -0.448 e. The summed E-state index contributed by atoms with van der Waals surface area (Å²) in [6, 6.07) is 8.16. The highest BCUT2D eigenvalue weighted by molar-refractivity contribution is 5.99. The second-order valence-corrected chi connectivity index (χ2v) is 9.08. The molecule has 3 aromatic heterocycles. The van der Waals surface area contributed by atoms with Gasteiger partial charge in [-0.05, 0) is 43.4 Å². The summed E-state index contributed by atoms with van der Waals surface area (Å²) in [4.78, 5) is 26.5. The van der Waals surface area contributed by atoms with E-state index in [-0.39, 0.29) is 28.7 Å². The molecule has 5 rings (SSSR count). The van der Waals surface area contributed by atoms with Gasteiger partial charge in [0.15, 0.2) is 23.0 Å². The minimum absolute atomic E-state index is 0.0656. The topological polar surface area (TPSA) is 80.9 Å². The van der Waals surface area contributed by atoms with E-state index in [4.69, 9.17) is 9.40 Å². The molecule has 6 nitrogen and oxygen atoms in total. The molecule has 32 heavy (non-hydrogen) atoms. The fourth-order valence-corrected chi connectivity index (χ4v) is 4.47. The van der Waals surface area contributed by atoms with Gasteiger partial charge in [0.2, 0.25) is 0 Å². The predicted molar refractivity (Wildman–Crippen MR) is 118 cm³/mol. The van der Waals surface area contributed by atoms with Gasteiger partial charge in [0.25, 0.3) is 5.91 Å². The van der Waals surface area contributed by atoms with Crippen LogP contribution in [0.5, 0.6) is 0 Å². The average molecular weight is 430 g/mol. The van der Waals surface area contributed by atoms with Crippen molar-refractivity contribution in [2.75, 3.05) is 0 Å². The molecule has 3 heterocycles. The number of hydrogen-bond acceptors (Lipinski definition) is 5. The van der Waals surface area contributed by atoms with Gasteiger partial charge in [-0.15, -0.1) is 0 Å². The molecule has 0 saturated carbocycles. The first-order valence-corrected chi connectivity index (χ1v) is 10.6. The molecule has 7 heteroatoms. The van der Waals surface area contributed by atoms with Crippen molar-refractivity contribution in [2.45, 2.75) is 39.7 Å². The van der Waals surface area contributed by atoms with Gasteiger partial charge < -0.3 is 9.73 Å². The number of furan rings is 1. The van der Waals surface area contributed by atoms with Crippen LogP contribution in [0.4, 0.5) is 4.39 Å². The lowest BCUT2D eigenvalue weighted by atomic mass is 9.74. The van der Waals surface area contributed by atoms with Crippen molar-refractivity contribution in [1.29, 1.82) is 0 Å². The molecule has 1 aliphatic carbocycles. The molecule has 0 spiro atoms. The van der Waals surface area contributed by atoms with Crippen LogP contribution in [0.1, 0.15) is 53.7 Å². The summed E-state index contributed by atoms with van der Waals surface area (Å²) in [5.74, 6) is -0.0855. The lowest BCUT2D eigenvalue weighted by Gasteiger charge is -2.36. The molecule has 1 aliphatic rings. The number of nitrogens with zero attached hydrogens (tertiary/aromatic N) is 3. The average Bonchev–Trinajstić information content (AvgIpc) is 3.11. The van der Waals surface area contributed by atoms with Gasteiger partial charge in [-0.25, -0.2) is 14.4 Å². The van der Waals surface area contributed by atoms with Gasteiger partial charge in [0.1, 0.15) is 0 Å². The molecule has 1 unspecified atom stereocenters. The van der Waals surface area contributed by atoms with Crippen LogP contribution in [0.3, 0.4) is 0 Å². The Morgan fingerprint density at radius 2 is 2.00 bits per heavy atom. The summed E-state index contributed by atoms with van der Waals surface area (Å²) in [5, 5.41) is 3.68. The van der Waals surface area contributed by atoms with Crippen LogP contribution in [0.15, 0.2) is 53.3 Å². The van der Waals surface area contributed by atoms with Crippen LogP contribution < -0.4 is 5.32 Å². The Balaban J connectivity index is 1.49. The quantitative estimate of drug-likeness (QED) is 0.485. The van der Waals surface area contributed by atoms with E-state index >= 15 is 0 Å². The number of fused-ring (bicyclic) bond motifs is 2. The van der Waals surface area contributed by atoms with E-state index in [1.165, 1.54) is 6.07 Å². The molecule has 0 saturated heterocycles. The first-order valence-electron chi connectivity index (χ1n) is 10.6. The van der Waals surface area contributed by atoms with E-state index in [2.05, 4.69) is 29.1 Å². The maximum absolute atomic E-state index is 14.1. The smallest absolute Gasteiger partial charge is 0.287 e. The Bertz CT molecular complexity index is 1330. The third-order valence-corrected chi connectivity index (χ3v) is 6.04. The van der Waals surface area contributed by atoms with Gasteiger partial charge in [0, 0.05) is 40.7 Å². The van der Waals surface area contributed by atoms with Gasteiger partial charge in [-0.3, -0.25) is 9.78 Å². The standard InChI is InChI=1S/C25H23FN4O2/c1-14-16-5-4-6-18(26)22(16)32-21(14)24(31)30-20-12-25(2,3)11-19-17(20)13-28-23(29-19)15-7-9-27-10-8-15/h4-10,13,20H,11-12H2,1-3H3,(H,30,31). The summed E-state index contributed by atoms with van der Waals surface area (Å²) in [6.45, 7) is 6.08. The molecule has 1 aromatic carbocycles. The maximum atomic E-state index is 14.1. The number of aryl methyl sites for hydroxylation is 1. The lowest BCUT2D eigenvalue weighted by molar-refractivity contribution is 0.0892. The Hall–Kier alpha value is -3.61. The van der Waals surface area contributed by atoms with Crippen molar-refractivity contribution >= 4 is 16.9 Å². The Morgan fingerprint density at radius 1 is 1.22 bits per heavy atom. The van der Waals surface area contributed by atoms with Crippen LogP contribution in [-0.2, 0) is 6.42 Å². The monoisotopic (exact) mass is 430 g/mol. The Kier molecular flexibility index (Phi) is 4.77. The van der Waals surface area contributed by atoms with E-state index in [0.717, 1.165) is 29.7 Å².